The summed E-state index contributed by atoms with van der Waals surface area (Å²) in [6, 6.07) is 10.6. The minimum absolute atomic E-state index is 0.236. The van der Waals surface area contributed by atoms with Crippen molar-refractivity contribution in [3.63, 3.8) is 0 Å². The van der Waals surface area contributed by atoms with E-state index >= 15 is 0 Å². The third-order valence-corrected chi connectivity index (χ3v) is 5.87. The van der Waals surface area contributed by atoms with E-state index in [2.05, 4.69) is 31.3 Å². The van der Waals surface area contributed by atoms with Gasteiger partial charge in [0.05, 0.1) is 11.5 Å². The Balaban J connectivity index is 2.16. The number of sulfone groups is 1. The minimum Gasteiger partial charge on any atom is -0.313 e. The number of rotatable bonds is 5. The first-order valence-electron chi connectivity index (χ1n) is 7.02. The van der Waals surface area contributed by atoms with Crippen LogP contribution in [-0.2, 0) is 9.84 Å². The third-order valence-electron chi connectivity index (χ3n) is 4.08. The van der Waals surface area contributed by atoms with Crippen LogP contribution in [0.4, 0.5) is 0 Å². The lowest BCUT2D eigenvalue weighted by Crippen LogP contribution is -2.40. The molecular formula is C15H23NO2S. The topological polar surface area (TPSA) is 46.2 Å². The molecule has 0 bridgehead atoms. The Morgan fingerprint density at radius 1 is 1.32 bits per heavy atom. The van der Waals surface area contributed by atoms with Gasteiger partial charge in [0, 0.05) is 6.04 Å². The fraction of sp³-hybridized carbons (Fsp3) is 0.600. The van der Waals surface area contributed by atoms with Crippen LogP contribution in [0, 0.1) is 5.92 Å². The Morgan fingerprint density at radius 3 is 2.53 bits per heavy atom. The van der Waals surface area contributed by atoms with Gasteiger partial charge >= 0.3 is 0 Å². The molecular weight excluding hydrogens is 258 g/mol. The number of hydrogen-bond donors (Lipinski definition) is 1. The average molecular weight is 281 g/mol. The summed E-state index contributed by atoms with van der Waals surface area (Å²) in [5.41, 5.74) is 1.28. The van der Waals surface area contributed by atoms with E-state index in [1.165, 1.54) is 5.56 Å². The first-order chi connectivity index (χ1) is 9.03. The zero-order valence-corrected chi connectivity index (χ0v) is 12.5. The second-order valence-electron chi connectivity index (χ2n) is 5.45. The summed E-state index contributed by atoms with van der Waals surface area (Å²) >= 11 is 0. The van der Waals surface area contributed by atoms with E-state index in [4.69, 9.17) is 0 Å². The van der Waals surface area contributed by atoms with Crippen LogP contribution in [0.15, 0.2) is 30.3 Å². The summed E-state index contributed by atoms with van der Waals surface area (Å²) in [6.07, 6.45) is 0.789. The Bertz CT molecular complexity index is 498. The SMILES string of the molecule is CCNC(C1CCS(=O)(=O)C1)C(C)c1ccccc1. The first kappa shape index (κ1) is 14.5. The molecule has 1 N–H and O–H groups in total. The summed E-state index contributed by atoms with van der Waals surface area (Å²) in [7, 11) is -2.81. The Kier molecular flexibility index (Phi) is 4.63. The summed E-state index contributed by atoms with van der Waals surface area (Å²) in [6.45, 7) is 5.14. The quantitative estimate of drug-likeness (QED) is 0.900. The van der Waals surface area contributed by atoms with Crippen molar-refractivity contribution in [2.24, 2.45) is 5.92 Å². The monoisotopic (exact) mass is 281 g/mol. The maximum Gasteiger partial charge on any atom is 0.150 e. The molecule has 3 atom stereocenters. The predicted molar refractivity (Wildman–Crippen MR) is 79.1 cm³/mol. The molecule has 0 aliphatic carbocycles. The van der Waals surface area contributed by atoms with E-state index in [0.717, 1.165) is 13.0 Å². The van der Waals surface area contributed by atoms with Crippen molar-refractivity contribution in [1.29, 1.82) is 0 Å². The molecule has 4 heteroatoms. The molecule has 0 saturated carbocycles. The third kappa shape index (κ3) is 3.57. The molecule has 1 aliphatic rings. The largest absolute Gasteiger partial charge is 0.313 e. The van der Waals surface area contributed by atoms with E-state index in [1.54, 1.807) is 0 Å². The molecule has 1 aromatic rings. The maximum absolute atomic E-state index is 11.7. The van der Waals surface area contributed by atoms with Crippen LogP contribution >= 0.6 is 0 Å². The summed E-state index contributed by atoms with van der Waals surface area (Å²) < 4.78 is 23.4. The second kappa shape index (κ2) is 6.06. The maximum atomic E-state index is 11.7. The Morgan fingerprint density at radius 2 is 2.00 bits per heavy atom. The summed E-state index contributed by atoms with van der Waals surface area (Å²) in [5.74, 6) is 1.25. The highest BCUT2D eigenvalue weighted by atomic mass is 32.2. The molecule has 1 saturated heterocycles. The van der Waals surface area contributed by atoms with Gasteiger partial charge in [0.1, 0.15) is 0 Å². The highest BCUT2D eigenvalue weighted by Gasteiger charge is 2.36. The van der Waals surface area contributed by atoms with E-state index < -0.39 is 9.84 Å². The van der Waals surface area contributed by atoms with Crippen molar-refractivity contribution in [1.82, 2.24) is 5.32 Å². The predicted octanol–water partition coefficient (Wildman–Crippen LogP) is 2.20. The molecule has 0 aromatic heterocycles. The highest BCUT2D eigenvalue weighted by molar-refractivity contribution is 7.91. The molecule has 3 nitrogen and oxygen atoms in total. The van der Waals surface area contributed by atoms with E-state index in [1.807, 2.05) is 18.2 Å². The molecule has 19 heavy (non-hydrogen) atoms. The van der Waals surface area contributed by atoms with Gasteiger partial charge in [-0.3, -0.25) is 0 Å². The van der Waals surface area contributed by atoms with Gasteiger partial charge in [-0.25, -0.2) is 8.42 Å². The van der Waals surface area contributed by atoms with Gasteiger partial charge in [-0.15, -0.1) is 0 Å². The van der Waals surface area contributed by atoms with Gasteiger partial charge in [0.15, 0.2) is 9.84 Å². The summed E-state index contributed by atoms with van der Waals surface area (Å²) in [5, 5.41) is 3.50. The molecule has 0 radical (unpaired) electrons. The fourth-order valence-electron chi connectivity index (χ4n) is 3.06. The number of benzene rings is 1. The molecule has 3 unspecified atom stereocenters. The van der Waals surface area contributed by atoms with Crippen LogP contribution in [0.2, 0.25) is 0 Å². The lowest BCUT2D eigenvalue weighted by atomic mass is 9.84. The van der Waals surface area contributed by atoms with Crippen LogP contribution in [0.3, 0.4) is 0 Å². The van der Waals surface area contributed by atoms with Crippen molar-refractivity contribution in [3.05, 3.63) is 35.9 Å². The zero-order chi connectivity index (χ0) is 13.9. The van der Waals surface area contributed by atoms with Crippen molar-refractivity contribution >= 4 is 9.84 Å². The highest BCUT2D eigenvalue weighted by Crippen LogP contribution is 2.30. The molecule has 106 valence electrons. The smallest absolute Gasteiger partial charge is 0.150 e. The number of hydrogen-bond acceptors (Lipinski definition) is 3. The minimum atomic E-state index is -2.81. The van der Waals surface area contributed by atoms with Gasteiger partial charge in [-0.05, 0) is 30.4 Å². The molecule has 1 fully saturated rings. The van der Waals surface area contributed by atoms with Crippen LogP contribution in [-0.4, -0.2) is 32.5 Å². The molecule has 1 aliphatic heterocycles. The average Bonchev–Trinajstić information content (AvgIpc) is 2.76. The van der Waals surface area contributed by atoms with E-state index in [-0.39, 0.29) is 12.0 Å². The molecule has 0 spiro atoms. The standard InChI is InChI=1S/C15H23NO2S/c1-3-16-15(14-9-10-19(17,18)11-14)12(2)13-7-5-4-6-8-13/h4-8,12,14-16H,3,9-11H2,1-2H3. The van der Waals surface area contributed by atoms with Crippen LogP contribution in [0.5, 0.6) is 0 Å². The van der Waals surface area contributed by atoms with Gasteiger partial charge in [0.2, 0.25) is 0 Å². The van der Waals surface area contributed by atoms with Gasteiger partial charge in [-0.1, -0.05) is 44.2 Å². The van der Waals surface area contributed by atoms with Gasteiger partial charge in [-0.2, -0.15) is 0 Å². The molecule has 0 amide bonds. The molecule has 1 aromatic carbocycles. The van der Waals surface area contributed by atoms with Gasteiger partial charge in [0.25, 0.3) is 0 Å². The lowest BCUT2D eigenvalue weighted by molar-refractivity contribution is 0.345. The van der Waals surface area contributed by atoms with Crippen LogP contribution in [0.1, 0.15) is 31.7 Å². The van der Waals surface area contributed by atoms with Crippen LogP contribution < -0.4 is 5.32 Å². The van der Waals surface area contributed by atoms with Crippen molar-refractivity contribution < 1.29 is 8.42 Å². The second-order valence-corrected chi connectivity index (χ2v) is 7.67. The van der Waals surface area contributed by atoms with Crippen molar-refractivity contribution in [2.45, 2.75) is 32.2 Å². The lowest BCUT2D eigenvalue weighted by Gasteiger charge is -2.30. The number of likely N-dealkylation sites (N-methyl/N-ethyl adjacent to an activating group) is 1. The zero-order valence-electron chi connectivity index (χ0n) is 11.7. The van der Waals surface area contributed by atoms with Gasteiger partial charge < -0.3 is 5.32 Å². The molecule has 1 heterocycles. The molecule has 2 rings (SSSR count). The summed E-state index contributed by atoms with van der Waals surface area (Å²) in [4.78, 5) is 0. The Labute approximate surface area is 116 Å². The fourth-order valence-corrected chi connectivity index (χ4v) is 4.91. The Hall–Kier alpha value is -0.870. The van der Waals surface area contributed by atoms with Crippen molar-refractivity contribution in [2.75, 3.05) is 18.1 Å². The van der Waals surface area contributed by atoms with Crippen molar-refractivity contribution in [3.8, 4) is 0 Å². The van der Waals surface area contributed by atoms with E-state index in [0.29, 0.717) is 17.4 Å². The first-order valence-corrected chi connectivity index (χ1v) is 8.84. The normalized spacial score (nSPS) is 25.1. The number of nitrogens with one attached hydrogen (secondary N) is 1. The van der Waals surface area contributed by atoms with E-state index in [9.17, 15) is 8.42 Å². The van der Waals surface area contributed by atoms with Crippen LogP contribution in [0.25, 0.3) is 0 Å².